The summed E-state index contributed by atoms with van der Waals surface area (Å²) in [5, 5.41) is 2.93. The van der Waals surface area contributed by atoms with Crippen LogP contribution in [0.15, 0.2) is 11.6 Å². The number of ether oxygens (including phenoxy) is 2. The molecular weight excluding hydrogens is 356 g/mol. The molecule has 0 aliphatic carbocycles. The molecule has 1 aliphatic heterocycles. The van der Waals surface area contributed by atoms with E-state index in [-0.39, 0.29) is 24.1 Å². The van der Waals surface area contributed by atoms with Gasteiger partial charge in [-0.25, -0.2) is 4.79 Å². The van der Waals surface area contributed by atoms with E-state index in [2.05, 4.69) is 33.0 Å². The fourth-order valence-corrected chi connectivity index (χ4v) is 3.31. The summed E-state index contributed by atoms with van der Waals surface area (Å²) < 4.78 is 11.9. The van der Waals surface area contributed by atoms with E-state index in [1.165, 1.54) is 0 Å². The quantitative estimate of drug-likeness (QED) is 0.672. The molecule has 0 unspecified atom stereocenters. The zero-order valence-electron chi connectivity index (χ0n) is 19.4. The van der Waals surface area contributed by atoms with Crippen molar-refractivity contribution >= 4 is 12.0 Å². The molecule has 0 bridgehead atoms. The highest BCUT2D eigenvalue weighted by atomic mass is 16.6. The van der Waals surface area contributed by atoms with E-state index in [1.807, 2.05) is 40.7 Å². The SMILES string of the molecule is C/C(=C\[C@@H]1OC(C)(C)N(C(=O)OC(C)(C)C)[C@H]1CC(C)C)C(=O)NCC(C)C. The number of rotatable bonds is 6. The maximum Gasteiger partial charge on any atom is 0.412 e. The van der Waals surface area contributed by atoms with Crippen molar-refractivity contribution in [3.8, 4) is 0 Å². The van der Waals surface area contributed by atoms with E-state index in [9.17, 15) is 9.59 Å². The minimum Gasteiger partial charge on any atom is -0.444 e. The average Bonchev–Trinajstić information content (AvgIpc) is 2.72. The van der Waals surface area contributed by atoms with E-state index in [0.717, 1.165) is 6.42 Å². The Morgan fingerprint density at radius 2 is 1.75 bits per heavy atom. The molecule has 162 valence electrons. The lowest BCUT2D eigenvalue weighted by molar-refractivity contribution is -0.117. The molecule has 0 radical (unpaired) electrons. The van der Waals surface area contributed by atoms with Gasteiger partial charge in [0, 0.05) is 12.1 Å². The Morgan fingerprint density at radius 3 is 2.21 bits per heavy atom. The normalized spacial score (nSPS) is 22.7. The molecule has 1 rings (SSSR count). The van der Waals surface area contributed by atoms with Crippen LogP contribution >= 0.6 is 0 Å². The highest BCUT2D eigenvalue weighted by Crippen LogP contribution is 2.37. The molecule has 0 aromatic heterocycles. The van der Waals surface area contributed by atoms with Crippen molar-refractivity contribution in [1.29, 1.82) is 0 Å². The van der Waals surface area contributed by atoms with Crippen LogP contribution in [0.4, 0.5) is 4.79 Å². The second-order valence-corrected chi connectivity index (χ2v) is 10.0. The summed E-state index contributed by atoms with van der Waals surface area (Å²) in [5.74, 6) is 0.641. The maximum absolute atomic E-state index is 12.9. The van der Waals surface area contributed by atoms with Crippen LogP contribution in [0.2, 0.25) is 0 Å². The van der Waals surface area contributed by atoms with Gasteiger partial charge >= 0.3 is 6.09 Å². The Kier molecular flexibility index (Phi) is 8.12. The van der Waals surface area contributed by atoms with Crippen LogP contribution in [0.1, 0.15) is 75.7 Å². The molecule has 0 aromatic carbocycles. The molecule has 1 fully saturated rings. The Morgan fingerprint density at radius 1 is 1.18 bits per heavy atom. The summed E-state index contributed by atoms with van der Waals surface area (Å²) in [7, 11) is 0. The first kappa shape index (κ1) is 24.5. The van der Waals surface area contributed by atoms with Gasteiger partial charge in [0.1, 0.15) is 11.3 Å². The molecule has 1 heterocycles. The van der Waals surface area contributed by atoms with Gasteiger partial charge in [0.15, 0.2) is 0 Å². The van der Waals surface area contributed by atoms with Gasteiger partial charge in [-0.05, 0) is 65.9 Å². The Labute approximate surface area is 171 Å². The lowest BCUT2D eigenvalue weighted by atomic mass is 9.97. The molecule has 1 N–H and O–H groups in total. The van der Waals surface area contributed by atoms with Gasteiger partial charge in [-0.15, -0.1) is 0 Å². The van der Waals surface area contributed by atoms with E-state index in [0.29, 0.717) is 24.0 Å². The highest BCUT2D eigenvalue weighted by Gasteiger charge is 2.50. The lowest BCUT2D eigenvalue weighted by Gasteiger charge is -2.35. The number of nitrogens with one attached hydrogen (secondary N) is 1. The minimum atomic E-state index is -0.822. The first-order chi connectivity index (χ1) is 12.6. The van der Waals surface area contributed by atoms with Crippen molar-refractivity contribution in [2.24, 2.45) is 11.8 Å². The van der Waals surface area contributed by atoms with E-state index in [1.54, 1.807) is 11.8 Å². The van der Waals surface area contributed by atoms with Crippen LogP contribution in [0.5, 0.6) is 0 Å². The molecule has 1 aliphatic rings. The number of carbonyl (C=O) groups excluding carboxylic acids is 2. The van der Waals surface area contributed by atoms with Crippen LogP contribution in [-0.2, 0) is 14.3 Å². The van der Waals surface area contributed by atoms with Gasteiger partial charge in [-0.3, -0.25) is 9.69 Å². The van der Waals surface area contributed by atoms with Crippen LogP contribution in [0.25, 0.3) is 0 Å². The fraction of sp³-hybridized carbons (Fsp3) is 0.818. The van der Waals surface area contributed by atoms with Gasteiger partial charge in [0.25, 0.3) is 0 Å². The average molecular weight is 397 g/mol. The highest BCUT2D eigenvalue weighted by molar-refractivity contribution is 5.92. The largest absolute Gasteiger partial charge is 0.444 e. The van der Waals surface area contributed by atoms with Gasteiger partial charge < -0.3 is 14.8 Å². The molecule has 2 amide bonds. The van der Waals surface area contributed by atoms with Crippen LogP contribution in [0.3, 0.4) is 0 Å². The van der Waals surface area contributed by atoms with Crippen LogP contribution in [-0.4, -0.2) is 46.9 Å². The van der Waals surface area contributed by atoms with Crippen molar-refractivity contribution < 1.29 is 19.1 Å². The standard InChI is InChI=1S/C22H40N2O4/c1-14(2)11-17-18(12-16(5)19(25)23-13-15(3)4)27-22(9,10)24(17)20(26)28-21(6,7)8/h12,14-15,17-18H,11,13H2,1-10H3,(H,23,25)/b16-12+/t17-,18-/m0/s1. The number of amides is 2. The van der Waals surface area contributed by atoms with Gasteiger partial charge in [-0.1, -0.05) is 27.7 Å². The third kappa shape index (κ3) is 7.12. The Hall–Kier alpha value is -1.56. The molecule has 28 heavy (non-hydrogen) atoms. The van der Waals surface area contributed by atoms with Crippen molar-refractivity contribution in [2.75, 3.05) is 6.54 Å². The number of nitrogens with zero attached hydrogens (tertiary/aromatic N) is 1. The topological polar surface area (TPSA) is 67.9 Å². The van der Waals surface area contributed by atoms with Crippen molar-refractivity contribution in [1.82, 2.24) is 10.2 Å². The summed E-state index contributed by atoms with van der Waals surface area (Å²) in [5.41, 5.74) is -0.810. The number of hydrogen-bond donors (Lipinski definition) is 1. The zero-order valence-corrected chi connectivity index (χ0v) is 19.4. The predicted octanol–water partition coefficient (Wildman–Crippen LogP) is 4.49. The third-order valence-electron chi connectivity index (χ3n) is 4.46. The summed E-state index contributed by atoms with van der Waals surface area (Å²) in [6, 6.07) is -0.197. The summed E-state index contributed by atoms with van der Waals surface area (Å²) in [6.07, 6.45) is 1.84. The summed E-state index contributed by atoms with van der Waals surface area (Å²) in [4.78, 5) is 27.0. The zero-order chi connectivity index (χ0) is 21.9. The first-order valence-electron chi connectivity index (χ1n) is 10.3. The fourth-order valence-electron chi connectivity index (χ4n) is 3.31. The van der Waals surface area contributed by atoms with Crippen LogP contribution in [0, 0.1) is 11.8 Å². The monoisotopic (exact) mass is 396 g/mol. The number of hydrogen-bond acceptors (Lipinski definition) is 4. The molecule has 6 heteroatoms. The van der Waals surface area contributed by atoms with Crippen molar-refractivity contribution in [2.45, 2.75) is 99.1 Å². The smallest absolute Gasteiger partial charge is 0.412 e. The molecule has 1 saturated heterocycles. The van der Waals surface area contributed by atoms with E-state index < -0.39 is 11.3 Å². The molecular formula is C22H40N2O4. The van der Waals surface area contributed by atoms with Gasteiger partial charge in [-0.2, -0.15) is 0 Å². The van der Waals surface area contributed by atoms with E-state index >= 15 is 0 Å². The van der Waals surface area contributed by atoms with Gasteiger partial charge in [0.05, 0.1) is 12.1 Å². The minimum absolute atomic E-state index is 0.103. The summed E-state index contributed by atoms with van der Waals surface area (Å²) in [6.45, 7) is 20.0. The summed E-state index contributed by atoms with van der Waals surface area (Å²) >= 11 is 0. The lowest BCUT2D eigenvalue weighted by Crippen LogP contribution is -2.50. The molecule has 2 atom stereocenters. The van der Waals surface area contributed by atoms with Crippen molar-refractivity contribution in [3.63, 3.8) is 0 Å². The molecule has 0 spiro atoms. The van der Waals surface area contributed by atoms with Crippen LogP contribution < -0.4 is 5.32 Å². The number of carbonyl (C=O) groups is 2. The molecule has 0 aromatic rings. The van der Waals surface area contributed by atoms with Crippen molar-refractivity contribution in [3.05, 3.63) is 11.6 Å². The third-order valence-corrected chi connectivity index (χ3v) is 4.46. The first-order valence-corrected chi connectivity index (χ1v) is 10.3. The molecule has 6 nitrogen and oxygen atoms in total. The van der Waals surface area contributed by atoms with E-state index in [4.69, 9.17) is 9.47 Å². The second-order valence-electron chi connectivity index (χ2n) is 10.0. The predicted molar refractivity (Wildman–Crippen MR) is 112 cm³/mol. The Balaban J connectivity index is 3.12. The van der Waals surface area contributed by atoms with Gasteiger partial charge in [0.2, 0.25) is 5.91 Å². The Bertz CT molecular complexity index is 588. The molecule has 0 saturated carbocycles. The maximum atomic E-state index is 12.9. The second kappa shape index (κ2) is 9.29.